The normalized spacial score (nSPS) is 15.4. The molecule has 0 spiro atoms. The fourth-order valence-electron chi connectivity index (χ4n) is 2.26. The number of hydrogen-bond donors (Lipinski definition) is 1. The molecule has 1 aromatic carbocycles. The van der Waals surface area contributed by atoms with E-state index in [4.69, 9.17) is 4.74 Å². The van der Waals surface area contributed by atoms with E-state index in [1.54, 1.807) is 0 Å². The van der Waals surface area contributed by atoms with Gasteiger partial charge in [0.15, 0.2) is 0 Å². The number of rotatable bonds is 6. The molecular weight excluding hydrogens is 224 g/mol. The lowest BCUT2D eigenvalue weighted by Crippen LogP contribution is -2.06. The summed E-state index contributed by atoms with van der Waals surface area (Å²) in [4.78, 5) is 0. The minimum atomic E-state index is 0.670. The summed E-state index contributed by atoms with van der Waals surface area (Å²) in [5.41, 5.74) is 2.57. The minimum Gasteiger partial charge on any atom is -0.360 e. The Kier molecular flexibility index (Phi) is 3.35. The van der Waals surface area contributed by atoms with Crippen LogP contribution in [-0.4, -0.2) is 18.2 Å². The SMILES string of the molecule is CNCc1ccc2ccn(COCC3CC3)c2c1. The first-order valence-electron chi connectivity index (χ1n) is 6.67. The predicted molar refractivity (Wildman–Crippen MR) is 73.4 cm³/mol. The number of ether oxygens (including phenoxy) is 1. The first-order valence-corrected chi connectivity index (χ1v) is 6.67. The first-order chi connectivity index (χ1) is 8.86. The smallest absolute Gasteiger partial charge is 0.122 e. The lowest BCUT2D eigenvalue weighted by Gasteiger charge is -2.07. The monoisotopic (exact) mass is 244 g/mol. The van der Waals surface area contributed by atoms with E-state index in [9.17, 15) is 0 Å². The third-order valence-corrected chi connectivity index (χ3v) is 3.50. The second kappa shape index (κ2) is 5.12. The molecule has 3 rings (SSSR count). The van der Waals surface area contributed by atoms with Gasteiger partial charge >= 0.3 is 0 Å². The Morgan fingerprint density at radius 3 is 3.00 bits per heavy atom. The van der Waals surface area contributed by atoms with Crippen molar-refractivity contribution in [2.24, 2.45) is 5.92 Å². The van der Waals surface area contributed by atoms with Crippen LogP contribution < -0.4 is 5.32 Å². The molecule has 1 saturated carbocycles. The number of fused-ring (bicyclic) bond motifs is 1. The number of hydrogen-bond acceptors (Lipinski definition) is 2. The van der Waals surface area contributed by atoms with Gasteiger partial charge in [-0.05, 0) is 48.9 Å². The van der Waals surface area contributed by atoms with Gasteiger partial charge in [-0.15, -0.1) is 0 Å². The van der Waals surface area contributed by atoms with Crippen molar-refractivity contribution in [2.75, 3.05) is 13.7 Å². The van der Waals surface area contributed by atoms with Gasteiger partial charge < -0.3 is 14.6 Å². The minimum absolute atomic E-state index is 0.670. The van der Waals surface area contributed by atoms with Crippen molar-refractivity contribution >= 4 is 10.9 Å². The molecular formula is C15H20N2O. The third kappa shape index (κ3) is 2.57. The van der Waals surface area contributed by atoms with Crippen LogP contribution in [0.2, 0.25) is 0 Å². The van der Waals surface area contributed by atoms with Crippen LogP contribution in [-0.2, 0) is 18.0 Å². The van der Waals surface area contributed by atoms with Crippen LogP contribution in [0.1, 0.15) is 18.4 Å². The molecule has 0 amide bonds. The quantitative estimate of drug-likeness (QED) is 0.845. The van der Waals surface area contributed by atoms with E-state index >= 15 is 0 Å². The summed E-state index contributed by atoms with van der Waals surface area (Å²) in [6, 6.07) is 8.75. The Labute approximate surface area is 108 Å². The average molecular weight is 244 g/mol. The van der Waals surface area contributed by atoms with E-state index in [0.29, 0.717) is 6.73 Å². The summed E-state index contributed by atoms with van der Waals surface area (Å²) in [5.74, 6) is 0.826. The Morgan fingerprint density at radius 1 is 1.33 bits per heavy atom. The van der Waals surface area contributed by atoms with Gasteiger partial charge in [0.05, 0.1) is 12.1 Å². The molecule has 0 aliphatic heterocycles. The van der Waals surface area contributed by atoms with Crippen molar-refractivity contribution in [1.82, 2.24) is 9.88 Å². The predicted octanol–water partition coefficient (Wildman–Crippen LogP) is 2.74. The fourth-order valence-corrected chi connectivity index (χ4v) is 2.26. The van der Waals surface area contributed by atoms with E-state index in [0.717, 1.165) is 19.1 Å². The molecule has 0 saturated heterocycles. The van der Waals surface area contributed by atoms with Crippen molar-refractivity contribution < 1.29 is 4.74 Å². The van der Waals surface area contributed by atoms with E-state index in [-0.39, 0.29) is 0 Å². The van der Waals surface area contributed by atoms with Gasteiger partial charge in [0.1, 0.15) is 6.73 Å². The summed E-state index contributed by atoms with van der Waals surface area (Å²) < 4.78 is 7.95. The van der Waals surface area contributed by atoms with Crippen molar-refractivity contribution in [3.05, 3.63) is 36.0 Å². The molecule has 1 aliphatic rings. The van der Waals surface area contributed by atoms with Crippen LogP contribution >= 0.6 is 0 Å². The first kappa shape index (κ1) is 11.8. The highest BCUT2D eigenvalue weighted by Crippen LogP contribution is 2.29. The van der Waals surface area contributed by atoms with Crippen LogP contribution in [0.25, 0.3) is 10.9 Å². The highest BCUT2D eigenvalue weighted by molar-refractivity contribution is 5.80. The zero-order valence-corrected chi connectivity index (χ0v) is 10.9. The van der Waals surface area contributed by atoms with Crippen molar-refractivity contribution in [2.45, 2.75) is 26.1 Å². The highest BCUT2D eigenvalue weighted by atomic mass is 16.5. The lowest BCUT2D eigenvalue weighted by atomic mass is 10.1. The number of nitrogens with one attached hydrogen (secondary N) is 1. The summed E-state index contributed by atoms with van der Waals surface area (Å²) in [7, 11) is 1.97. The number of nitrogens with zero attached hydrogens (tertiary/aromatic N) is 1. The maximum absolute atomic E-state index is 5.76. The maximum Gasteiger partial charge on any atom is 0.122 e. The Bertz CT molecular complexity index is 528. The lowest BCUT2D eigenvalue weighted by molar-refractivity contribution is 0.0718. The maximum atomic E-state index is 5.76. The van der Waals surface area contributed by atoms with Crippen molar-refractivity contribution in [1.29, 1.82) is 0 Å². The van der Waals surface area contributed by atoms with Crippen LogP contribution in [0.3, 0.4) is 0 Å². The standard InChI is InChI=1S/C15H20N2O/c1-16-9-13-4-5-14-6-7-17(15(14)8-13)11-18-10-12-2-3-12/h4-8,12,16H,2-3,9-11H2,1H3. The third-order valence-electron chi connectivity index (χ3n) is 3.50. The molecule has 3 heteroatoms. The fraction of sp³-hybridized carbons (Fsp3) is 0.467. The molecule has 0 radical (unpaired) electrons. The van der Waals surface area contributed by atoms with E-state index in [1.807, 2.05) is 7.05 Å². The second-order valence-corrected chi connectivity index (χ2v) is 5.15. The molecule has 1 heterocycles. The number of aromatic nitrogens is 1. The molecule has 1 fully saturated rings. The van der Waals surface area contributed by atoms with Gasteiger partial charge in [-0.2, -0.15) is 0 Å². The van der Waals surface area contributed by atoms with Crippen LogP contribution in [0, 0.1) is 5.92 Å². The van der Waals surface area contributed by atoms with Crippen LogP contribution in [0.15, 0.2) is 30.5 Å². The Morgan fingerprint density at radius 2 is 2.22 bits per heavy atom. The topological polar surface area (TPSA) is 26.2 Å². The van der Waals surface area contributed by atoms with E-state index < -0.39 is 0 Å². The summed E-state index contributed by atoms with van der Waals surface area (Å²) in [6.07, 6.45) is 4.80. The molecule has 96 valence electrons. The van der Waals surface area contributed by atoms with Gasteiger partial charge in [-0.25, -0.2) is 0 Å². The zero-order chi connectivity index (χ0) is 12.4. The van der Waals surface area contributed by atoms with Gasteiger partial charge in [0.25, 0.3) is 0 Å². The second-order valence-electron chi connectivity index (χ2n) is 5.15. The average Bonchev–Trinajstić information content (AvgIpc) is 3.11. The number of benzene rings is 1. The molecule has 1 N–H and O–H groups in total. The molecule has 1 aliphatic carbocycles. The molecule has 3 nitrogen and oxygen atoms in total. The van der Waals surface area contributed by atoms with Gasteiger partial charge in [0, 0.05) is 12.7 Å². The van der Waals surface area contributed by atoms with Crippen molar-refractivity contribution in [3.63, 3.8) is 0 Å². The Hall–Kier alpha value is -1.32. The summed E-state index contributed by atoms with van der Waals surface area (Å²) in [6.45, 7) is 2.49. The van der Waals surface area contributed by atoms with E-state index in [1.165, 1.54) is 29.3 Å². The van der Waals surface area contributed by atoms with Gasteiger partial charge in [-0.3, -0.25) is 0 Å². The summed E-state index contributed by atoms with van der Waals surface area (Å²) >= 11 is 0. The van der Waals surface area contributed by atoms with Gasteiger partial charge in [0.2, 0.25) is 0 Å². The van der Waals surface area contributed by atoms with Crippen molar-refractivity contribution in [3.8, 4) is 0 Å². The van der Waals surface area contributed by atoms with Crippen LogP contribution in [0.4, 0.5) is 0 Å². The van der Waals surface area contributed by atoms with Gasteiger partial charge in [-0.1, -0.05) is 12.1 Å². The summed E-state index contributed by atoms with van der Waals surface area (Å²) in [5, 5.41) is 4.47. The van der Waals surface area contributed by atoms with Crippen LogP contribution in [0.5, 0.6) is 0 Å². The largest absolute Gasteiger partial charge is 0.360 e. The Balaban J connectivity index is 1.74. The molecule has 1 aromatic heterocycles. The van der Waals surface area contributed by atoms with E-state index in [2.05, 4.69) is 40.3 Å². The molecule has 2 aromatic rings. The highest BCUT2D eigenvalue weighted by Gasteiger charge is 2.21. The molecule has 0 atom stereocenters. The molecule has 0 unspecified atom stereocenters. The molecule has 18 heavy (non-hydrogen) atoms. The zero-order valence-electron chi connectivity index (χ0n) is 10.9. The molecule has 0 bridgehead atoms.